The van der Waals surface area contributed by atoms with E-state index < -0.39 is 0 Å². The van der Waals surface area contributed by atoms with E-state index in [1.165, 1.54) is 0 Å². The van der Waals surface area contributed by atoms with Gasteiger partial charge in [-0.1, -0.05) is 23.4 Å². The first-order valence-corrected chi connectivity index (χ1v) is 9.38. The number of nitrogens with one attached hydrogen (secondary N) is 1. The van der Waals surface area contributed by atoms with Gasteiger partial charge in [-0.25, -0.2) is 0 Å². The lowest BCUT2D eigenvalue weighted by Crippen LogP contribution is -2.25. The molecular weight excluding hydrogens is 356 g/mol. The molecule has 3 aromatic rings. The van der Waals surface area contributed by atoms with E-state index in [-0.39, 0.29) is 18.2 Å². The molecule has 0 aliphatic heterocycles. The average Bonchev–Trinajstić information content (AvgIpc) is 3.24. The van der Waals surface area contributed by atoms with Crippen LogP contribution in [0.1, 0.15) is 45.2 Å². The maximum atomic E-state index is 12.2. The molecule has 0 atom stereocenters. The average molecular weight is 382 g/mol. The van der Waals surface area contributed by atoms with Crippen LogP contribution in [-0.4, -0.2) is 27.4 Å². The Hall–Kier alpha value is -3.09. The Morgan fingerprint density at radius 1 is 1.18 bits per heavy atom. The second kappa shape index (κ2) is 8.73. The van der Waals surface area contributed by atoms with E-state index in [1.807, 2.05) is 56.6 Å². The molecule has 2 aromatic heterocycles. The molecule has 0 unspecified atom stereocenters. The highest BCUT2D eigenvalue weighted by Crippen LogP contribution is 2.23. The summed E-state index contributed by atoms with van der Waals surface area (Å²) in [6.07, 6.45) is 0.786. The fraction of sp³-hybridized carbons (Fsp3) is 0.381. The van der Waals surface area contributed by atoms with Gasteiger partial charge < -0.3 is 14.6 Å². The molecule has 3 rings (SSSR count). The third kappa shape index (κ3) is 4.79. The molecule has 0 fully saturated rings. The maximum Gasteiger partial charge on any atom is 0.273 e. The molecule has 0 spiro atoms. The molecular formula is C21H26N4O3. The SMILES string of the molecule is Cc1cc(C)n(CCCNC(=O)c2cc(COc3c(C)cccc3C)on2)n1. The van der Waals surface area contributed by atoms with Crippen molar-refractivity contribution in [3.8, 4) is 5.75 Å². The van der Waals surface area contributed by atoms with Gasteiger partial charge >= 0.3 is 0 Å². The lowest BCUT2D eigenvalue weighted by molar-refractivity contribution is 0.0943. The van der Waals surface area contributed by atoms with Crippen LogP contribution in [-0.2, 0) is 13.2 Å². The second-order valence-corrected chi connectivity index (χ2v) is 6.95. The van der Waals surface area contributed by atoms with Crippen LogP contribution in [0.3, 0.4) is 0 Å². The highest BCUT2D eigenvalue weighted by molar-refractivity contribution is 5.92. The number of carbonyl (C=O) groups excluding carboxylic acids is 1. The molecule has 7 nitrogen and oxygen atoms in total. The highest BCUT2D eigenvalue weighted by Gasteiger charge is 2.13. The van der Waals surface area contributed by atoms with Crippen LogP contribution in [0, 0.1) is 27.7 Å². The Kier molecular flexibility index (Phi) is 6.13. The van der Waals surface area contributed by atoms with Crippen LogP contribution in [0.5, 0.6) is 5.75 Å². The topological polar surface area (TPSA) is 82.2 Å². The van der Waals surface area contributed by atoms with Crippen molar-refractivity contribution in [2.24, 2.45) is 0 Å². The Morgan fingerprint density at radius 2 is 1.93 bits per heavy atom. The Bertz CT molecular complexity index is 938. The van der Waals surface area contributed by atoms with Crippen molar-refractivity contribution < 1.29 is 14.1 Å². The van der Waals surface area contributed by atoms with E-state index in [0.717, 1.165) is 41.2 Å². The minimum Gasteiger partial charge on any atom is -0.485 e. The zero-order chi connectivity index (χ0) is 20.1. The van der Waals surface area contributed by atoms with E-state index in [2.05, 4.69) is 15.6 Å². The highest BCUT2D eigenvalue weighted by atomic mass is 16.5. The van der Waals surface area contributed by atoms with Crippen molar-refractivity contribution in [1.29, 1.82) is 0 Å². The normalized spacial score (nSPS) is 10.9. The van der Waals surface area contributed by atoms with Gasteiger partial charge in [-0.15, -0.1) is 0 Å². The number of hydrogen-bond donors (Lipinski definition) is 1. The zero-order valence-electron chi connectivity index (χ0n) is 16.8. The third-order valence-electron chi connectivity index (χ3n) is 4.49. The molecule has 1 aromatic carbocycles. The van der Waals surface area contributed by atoms with Gasteiger partial charge in [0, 0.05) is 24.8 Å². The number of hydrogen-bond acceptors (Lipinski definition) is 5. The molecule has 0 aliphatic rings. The first kappa shape index (κ1) is 19.7. The van der Waals surface area contributed by atoms with Gasteiger partial charge in [0.2, 0.25) is 0 Å². The molecule has 0 bridgehead atoms. The molecule has 7 heteroatoms. The van der Waals surface area contributed by atoms with Gasteiger partial charge in [-0.3, -0.25) is 9.48 Å². The van der Waals surface area contributed by atoms with Gasteiger partial charge in [0.25, 0.3) is 5.91 Å². The van der Waals surface area contributed by atoms with E-state index in [9.17, 15) is 4.79 Å². The van der Waals surface area contributed by atoms with Gasteiger partial charge in [-0.05, 0) is 51.3 Å². The summed E-state index contributed by atoms with van der Waals surface area (Å²) in [5, 5.41) is 11.1. The molecule has 1 amide bonds. The Morgan fingerprint density at radius 3 is 2.61 bits per heavy atom. The molecule has 148 valence electrons. The summed E-state index contributed by atoms with van der Waals surface area (Å²) in [5.41, 5.74) is 4.49. The summed E-state index contributed by atoms with van der Waals surface area (Å²) in [6.45, 7) is 9.50. The van der Waals surface area contributed by atoms with Crippen molar-refractivity contribution in [3.63, 3.8) is 0 Å². The molecule has 0 aliphatic carbocycles. The van der Waals surface area contributed by atoms with Gasteiger partial charge in [0.15, 0.2) is 11.5 Å². The van der Waals surface area contributed by atoms with Crippen LogP contribution in [0.15, 0.2) is 34.9 Å². The quantitative estimate of drug-likeness (QED) is 0.603. The number of carbonyl (C=O) groups is 1. The predicted octanol–water partition coefficient (Wildman–Crippen LogP) is 3.50. The first-order chi connectivity index (χ1) is 13.4. The Balaban J connectivity index is 1.46. The van der Waals surface area contributed by atoms with Crippen LogP contribution < -0.4 is 10.1 Å². The number of ether oxygens (including phenoxy) is 1. The van der Waals surface area contributed by atoms with Crippen LogP contribution in [0.4, 0.5) is 0 Å². The standard InChI is InChI=1S/C21H26N4O3/c1-14-7-5-8-15(2)20(14)27-13-18-12-19(24-28-18)21(26)22-9-6-10-25-17(4)11-16(3)23-25/h5,7-8,11-12H,6,9-10,13H2,1-4H3,(H,22,26). The number of para-hydroxylation sites is 1. The fourth-order valence-electron chi connectivity index (χ4n) is 3.08. The molecule has 0 saturated heterocycles. The number of aryl methyl sites for hydroxylation is 5. The summed E-state index contributed by atoms with van der Waals surface area (Å²) in [7, 11) is 0. The number of rotatable bonds is 8. The minimum absolute atomic E-state index is 0.226. The van der Waals surface area contributed by atoms with Crippen LogP contribution >= 0.6 is 0 Å². The molecule has 1 N–H and O–H groups in total. The van der Waals surface area contributed by atoms with Gasteiger partial charge in [0.05, 0.1) is 5.69 Å². The third-order valence-corrected chi connectivity index (χ3v) is 4.49. The summed E-state index contributed by atoms with van der Waals surface area (Å²) < 4.78 is 13.0. The first-order valence-electron chi connectivity index (χ1n) is 9.38. The summed E-state index contributed by atoms with van der Waals surface area (Å²) in [4.78, 5) is 12.2. The van der Waals surface area contributed by atoms with Crippen molar-refractivity contribution >= 4 is 5.91 Å². The van der Waals surface area contributed by atoms with Crippen molar-refractivity contribution in [2.75, 3.05) is 6.54 Å². The van der Waals surface area contributed by atoms with E-state index >= 15 is 0 Å². The monoisotopic (exact) mass is 382 g/mol. The van der Waals surface area contributed by atoms with Crippen molar-refractivity contribution in [1.82, 2.24) is 20.3 Å². The van der Waals surface area contributed by atoms with Crippen LogP contribution in [0.25, 0.3) is 0 Å². The van der Waals surface area contributed by atoms with Crippen molar-refractivity contribution in [3.05, 3.63) is 64.3 Å². The smallest absolute Gasteiger partial charge is 0.273 e. The largest absolute Gasteiger partial charge is 0.485 e. The predicted molar refractivity (Wildman–Crippen MR) is 105 cm³/mol. The molecule has 0 saturated carbocycles. The number of benzene rings is 1. The fourth-order valence-corrected chi connectivity index (χ4v) is 3.08. The zero-order valence-corrected chi connectivity index (χ0v) is 16.8. The summed E-state index contributed by atoms with van der Waals surface area (Å²) >= 11 is 0. The number of amides is 1. The lowest BCUT2D eigenvalue weighted by atomic mass is 10.1. The molecule has 0 radical (unpaired) electrons. The molecule has 28 heavy (non-hydrogen) atoms. The van der Waals surface area contributed by atoms with Gasteiger partial charge in [-0.2, -0.15) is 5.10 Å². The van der Waals surface area contributed by atoms with E-state index in [4.69, 9.17) is 9.26 Å². The number of nitrogens with zero attached hydrogens (tertiary/aromatic N) is 3. The van der Waals surface area contributed by atoms with Crippen LogP contribution in [0.2, 0.25) is 0 Å². The van der Waals surface area contributed by atoms with Gasteiger partial charge in [0.1, 0.15) is 12.4 Å². The minimum atomic E-state index is -0.254. The second-order valence-electron chi connectivity index (χ2n) is 6.95. The Labute approximate surface area is 164 Å². The summed E-state index contributed by atoms with van der Waals surface area (Å²) in [5.74, 6) is 1.08. The number of aromatic nitrogens is 3. The lowest BCUT2D eigenvalue weighted by Gasteiger charge is -2.09. The molecule has 2 heterocycles. The maximum absolute atomic E-state index is 12.2. The van der Waals surface area contributed by atoms with E-state index in [0.29, 0.717) is 12.3 Å². The van der Waals surface area contributed by atoms with Crippen molar-refractivity contribution in [2.45, 2.75) is 47.3 Å². The summed E-state index contributed by atoms with van der Waals surface area (Å²) in [6, 6.07) is 9.63. The van der Waals surface area contributed by atoms with E-state index in [1.54, 1.807) is 6.07 Å².